The van der Waals surface area contributed by atoms with Crippen LogP contribution in [0.4, 0.5) is 5.69 Å². The van der Waals surface area contributed by atoms with E-state index in [2.05, 4.69) is 22.6 Å². The summed E-state index contributed by atoms with van der Waals surface area (Å²) in [5, 5.41) is 11.7. The van der Waals surface area contributed by atoms with E-state index in [0.29, 0.717) is 33.3 Å². The summed E-state index contributed by atoms with van der Waals surface area (Å²) >= 11 is 1.54. The number of nitrogens with zero attached hydrogens (tertiary/aromatic N) is 3. The first kappa shape index (κ1) is 20.3. The highest BCUT2D eigenvalue weighted by atomic mass is 32.1. The van der Waals surface area contributed by atoms with Crippen LogP contribution in [0.25, 0.3) is 10.2 Å². The molecule has 1 aromatic carbocycles. The predicted octanol–water partition coefficient (Wildman–Crippen LogP) is 3.19. The first-order valence-electron chi connectivity index (χ1n) is 9.85. The molecule has 9 heteroatoms. The molecular weight excluding hydrogens is 404 g/mol. The van der Waals surface area contributed by atoms with Crippen molar-refractivity contribution in [3.63, 3.8) is 0 Å². The van der Waals surface area contributed by atoms with Crippen molar-refractivity contribution >= 4 is 33.1 Å². The molecule has 3 aromatic rings. The van der Waals surface area contributed by atoms with Crippen LogP contribution in [0.5, 0.6) is 11.5 Å². The maximum Gasteiger partial charge on any atom is 0.279 e. The molecule has 1 amide bonds. The summed E-state index contributed by atoms with van der Waals surface area (Å²) in [6, 6.07) is 4.26. The number of carbonyl (C=O) groups excluding carboxylic acids is 1. The van der Waals surface area contributed by atoms with Crippen molar-refractivity contribution in [3.8, 4) is 11.5 Å². The van der Waals surface area contributed by atoms with Crippen LogP contribution in [0.1, 0.15) is 36.8 Å². The largest absolute Gasteiger partial charge is 0.493 e. The fourth-order valence-electron chi connectivity index (χ4n) is 3.80. The molecule has 2 heterocycles. The third kappa shape index (κ3) is 3.54. The molecule has 30 heavy (non-hydrogen) atoms. The summed E-state index contributed by atoms with van der Waals surface area (Å²) in [6.45, 7) is 3.86. The van der Waals surface area contributed by atoms with Gasteiger partial charge in [0.1, 0.15) is 6.04 Å². The zero-order valence-corrected chi connectivity index (χ0v) is 18.2. The standard InChI is InChI=1S/C21H24N4O4S/c1-11-5-7-14-17(9-11)30-20-18(14)21(27)25(24-23-20)12(2)19(26)22-13-6-8-15(28-3)16(10-13)29-4/h6,8,10-12H,5,7,9H2,1-4H3,(H,22,26). The van der Waals surface area contributed by atoms with Crippen molar-refractivity contribution in [2.45, 2.75) is 39.2 Å². The second-order valence-electron chi connectivity index (χ2n) is 7.61. The average molecular weight is 429 g/mol. The Bertz CT molecular complexity index is 1170. The Morgan fingerprint density at radius 1 is 1.30 bits per heavy atom. The minimum atomic E-state index is -0.819. The molecule has 0 radical (unpaired) electrons. The Morgan fingerprint density at radius 2 is 2.07 bits per heavy atom. The van der Waals surface area contributed by atoms with Gasteiger partial charge in [-0.1, -0.05) is 12.1 Å². The molecule has 2 aromatic heterocycles. The van der Waals surface area contributed by atoms with Gasteiger partial charge in [0.15, 0.2) is 16.3 Å². The quantitative estimate of drug-likeness (QED) is 0.671. The SMILES string of the molecule is COc1ccc(NC(=O)C(C)n2nnc3sc4c(c3c2=O)CCC(C)C4)cc1OC. The molecule has 1 aliphatic rings. The fraction of sp³-hybridized carbons (Fsp3) is 0.429. The van der Waals surface area contributed by atoms with Crippen LogP contribution in [0.15, 0.2) is 23.0 Å². The maximum atomic E-state index is 13.2. The topological polar surface area (TPSA) is 95.3 Å². The number of anilines is 1. The number of methoxy groups -OCH3 is 2. The lowest BCUT2D eigenvalue weighted by molar-refractivity contribution is -0.119. The number of benzene rings is 1. The van der Waals surface area contributed by atoms with Crippen LogP contribution < -0.4 is 20.3 Å². The smallest absolute Gasteiger partial charge is 0.279 e. The van der Waals surface area contributed by atoms with Gasteiger partial charge in [0.05, 0.1) is 19.6 Å². The van der Waals surface area contributed by atoms with Crippen LogP contribution in [0.3, 0.4) is 0 Å². The first-order chi connectivity index (χ1) is 14.4. The Morgan fingerprint density at radius 3 is 2.80 bits per heavy atom. The van der Waals surface area contributed by atoms with E-state index in [1.807, 2.05) is 0 Å². The van der Waals surface area contributed by atoms with Gasteiger partial charge in [-0.15, -0.1) is 16.4 Å². The second kappa shape index (κ2) is 8.06. The second-order valence-corrected chi connectivity index (χ2v) is 8.69. The Kier molecular flexibility index (Phi) is 5.46. The number of hydrogen-bond donors (Lipinski definition) is 1. The van der Waals surface area contributed by atoms with Crippen molar-refractivity contribution in [2.24, 2.45) is 5.92 Å². The number of ether oxygens (including phenoxy) is 2. The molecule has 1 aliphatic carbocycles. The Labute approximate surface area is 177 Å². The maximum absolute atomic E-state index is 13.2. The van der Waals surface area contributed by atoms with Crippen LogP contribution in [-0.2, 0) is 17.6 Å². The number of aromatic nitrogens is 3. The molecule has 0 spiro atoms. The predicted molar refractivity (Wildman–Crippen MR) is 116 cm³/mol. The van der Waals surface area contributed by atoms with Gasteiger partial charge in [-0.05, 0) is 49.8 Å². The fourth-order valence-corrected chi connectivity index (χ4v) is 5.11. The summed E-state index contributed by atoms with van der Waals surface area (Å²) < 4.78 is 11.7. The van der Waals surface area contributed by atoms with Gasteiger partial charge in [-0.25, -0.2) is 0 Å². The molecular formula is C21H24N4O4S. The normalized spacial score (nSPS) is 16.7. The third-order valence-electron chi connectivity index (χ3n) is 5.54. The van der Waals surface area contributed by atoms with Gasteiger partial charge >= 0.3 is 0 Å². The molecule has 2 atom stereocenters. The summed E-state index contributed by atoms with van der Waals surface area (Å²) in [6.07, 6.45) is 2.88. The van der Waals surface area contributed by atoms with Crippen molar-refractivity contribution in [2.75, 3.05) is 19.5 Å². The minimum Gasteiger partial charge on any atom is -0.493 e. The number of rotatable bonds is 5. The highest BCUT2D eigenvalue weighted by Crippen LogP contribution is 2.35. The molecule has 8 nitrogen and oxygen atoms in total. The molecule has 0 saturated carbocycles. The molecule has 0 fully saturated rings. The molecule has 1 N–H and O–H groups in total. The van der Waals surface area contributed by atoms with Crippen LogP contribution >= 0.6 is 11.3 Å². The van der Waals surface area contributed by atoms with Gasteiger partial charge in [-0.2, -0.15) is 4.68 Å². The van der Waals surface area contributed by atoms with Crippen molar-refractivity contribution in [1.82, 2.24) is 15.0 Å². The number of aryl methyl sites for hydroxylation is 1. The van der Waals surface area contributed by atoms with Crippen molar-refractivity contribution < 1.29 is 14.3 Å². The highest BCUT2D eigenvalue weighted by molar-refractivity contribution is 7.18. The monoisotopic (exact) mass is 428 g/mol. The molecule has 0 saturated heterocycles. The van der Waals surface area contributed by atoms with E-state index in [9.17, 15) is 9.59 Å². The van der Waals surface area contributed by atoms with Crippen molar-refractivity contribution in [1.29, 1.82) is 0 Å². The number of carbonyl (C=O) groups is 1. The lowest BCUT2D eigenvalue weighted by Crippen LogP contribution is -2.34. The van der Waals surface area contributed by atoms with E-state index >= 15 is 0 Å². The van der Waals surface area contributed by atoms with Gasteiger partial charge in [0, 0.05) is 16.6 Å². The van der Waals surface area contributed by atoms with Gasteiger partial charge < -0.3 is 14.8 Å². The van der Waals surface area contributed by atoms with Crippen LogP contribution in [0.2, 0.25) is 0 Å². The van der Waals surface area contributed by atoms with Gasteiger partial charge in [-0.3, -0.25) is 9.59 Å². The third-order valence-corrected chi connectivity index (χ3v) is 6.68. The van der Waals surface area contributed by atoms with E-state index < -0.39 is 6.04 Å². The lowest BCUT2D eigenvalue weighted by atomic mass is 9.89. The highest BCUT2D eigenvalue weighted by Gasteiger charge is 2.26. The number of fused-ring (bicyclic) bond motifs is 3. The summed E-state index contributed by atoms with van der Waals surface area (Å²) in [4.78, 5) is 27.9. The van der Waals surface area contributed by atoms with E-state index in [4.69, 9.17) is 9.47 Å². The lowest BCUT2D eigenvalue weighted by Gasteiger charge is -2.18. The minimum absolute atomic E-state index is 0.262. The molecule has 158 valence electrons. The zero-order chi connectivity index (χ0) is 21.4. The molecule has 0 aliphatic heterocycles. The molecule has 0 bridgehead atoms. The number of thiophene rings is 1. The Hall–Kier alpha value is -2.94. The zero-order valence-electron chi connectivity index (χ0n) is 17.4. The van der Waals surface area contributed by atoms with E-state index in [1.54, 1.807) is 43.6 Å². The number of nitrogens with one attached hydrogen (secondary N) is 1. The molecule has 4 rings (SSSR count). The van der Waals surface area contributed by atoms with Gasteiger partial charge in [0.2, 0.25) is 5.91 Å². The average Bonchev–Trinajstić information content (AvgIpc) is 3.11. The van der Waals surface area contributed by atoms with E-state index in [0.717, 1.165) is 24.8 Å². The summed E-state index contributed by atoms with van der Waals surface area (Å²) in [5.74, 6) is 1.30. The Balaban J connectivity index is 1.63. The molecule has 2 unspecified atom stereocenters. The van der Waals surface area contributed by atoms with Crippen LogP contribution in [-0.4, -0.2) is 35.1 Å². The van der Waals surface area contributed by atoms with E-state index in [-0.39, 0.29) is 11.5 Å². The van der Waals surface area contributed by atoms with E-state index in [1.165, 1.54) is 16.7 Å². The summed E-state index contributed by atoms with van der Waals surface area (Å²) in [7, 11) is 3.07. The van der Waals surface area contributed by atoms with Crippen LogP contribution in [0, 0.1) is 5.92 Å². The summed E-state index contributed by atoms with van der Waals surface area (Å²) in [5.41, 5.74) is 1.35. The van der Waals surface area contributed by atoms with Crippen molar-refractivity contribution in [3.05, 3.63) is 39.0 Å². The van der Waals surface area contributed by atoms with Gasteiger partial charge in [0.25, 0.3) is 5.56 Å². The first-order valence-corrected chi connectivity index (χ1v) is 10.7. The number of amides is 1. The number of hydrogen-bond acceptors (Lipinski definition) is 7.